The molecule has 0 radical (unpaired) electrons. The van der Waals surface area contributed by atoms with E-state index in [1.54, 1.807) is 12.1 Å². The fraction of sp³-hybridized carbons (Fsp3) is 0.306. The zero-order valence-corrected chi connectivity index (χ0v) is 25.1. The van der Waals surface area contributed by atoms with Gasteiger partial charge in [0.2, 0.25) is 0 Å². The molecule has 5 atom stereocenters. The van der Waals surface area contributed by atoms with Crippen LogP contribution in [-0.2, 0) is 43.5 Å². The molecule has 1 N–H and O–H groups in total. The second-order valence-electron chi connectivity index (χ2n) is 10.6. The molecule has 4 aromatic carbocycles. The van der Waals surface area contributed by atoms with Gasteiger partial charge >= 0.3 is 5.97 Å². The number of phenolic OH excluding ortho intramolecular Hbond substituents is 1. The van der Waals surface area contributed by atoms with E-state index >= 15 is 0 Å². The molecule has 1 saturated heterocycles. The van der Waals surface area contributed by atoms with Crippen LogP contribution in [-0.4, -0.2) is 49.7 Å². The van der Waals surface area contributed by atoms with E-state index in [1.165, 1.54) is 14.2 Å². The number of rotatable bonds is 12. The number of methoxy groups -OCH3 is 2. The third-order valence-electron chi connectivity index (χ3n) is 7.71. The monoisotopic (exact) mass is 598 g/mol. The van der Waals surface area contributed by atoms with Crippen molar-refractivity contribution in [2.75, 3.05) is 14.2 Å². The first-order chi connectivity index (χ1) is 21.5. The summed E-state index contributed by atoms with van der Waals surface area (Å²) in [6.07, 6.45) is -3.15. The van der Waals surface area contributed by atoms with Crippen LogP contribution in [0.25, 0.3) is 0 Å². The molecule has 8 heteroatoms. The summed E-state index contributed by atoms with van der Waals surface area (Å²) in [5.74, 6) is -0.843. The second kappa shape index (κ2) is 15.0. The maximum atomic E-state index is 12.7. The van der Waals surface area contributed by atoms with E-state index in [9.17, 15) is 9.90 Å². The Labute approximate surface area is 258 Å². The molecule has 8 nitrogen and oxygen atoms in total. The van der Waals surface area contributed by atoms with Crippen molar-refractivity contribution in [2.24, 2.45) is 0 Å². The van der Waals surface area contributed by atoms with Crippen LogP contribution in [0.5, 0.6) is 11.5 Å². The van der Waals surface area contributed by atoms with Gasteiger partial charge in [0, 0.05) is 5.56 Å². The van der Waals surface area contributed by atoms with E-state index in [0.717, 1.165) is 16.7 Å². The second-order valence-corrected chi connectivity index (χ2v) is 10.6. The number of benzene rings is 4. The molecule has 0 aliphatic carbocycles. The lowest BCUT2D eigenvalue weighted by Gasteiger charge is -2.45. The first-order valence-electron chi connectivity index (χ1n) is 14.6. The van der Waals surface area contributed by atoms with Crippen molar-refractivity contribution in [3.05, 3.63) is 131 Å². The maximum Gasteiger partial charge on any atom is 0.345 e. The van der Waals surface area contributed by atoms with Crippen LogP contribution in [0, 0.1) is 0 Å². The molecular weight excluding hydrogens is 560 g/mol. The van der Waals surface area contributed by atoms with Crippen molar-refractivity contribution in [1.82, 2.24) is 0 Å². The van der Waals surface area contributed by atoms with Gasteiger partial charge in [-0.05, 0) is 35.7 Å². The minimum absolute atomic E-state index is 0.0882. The molecule has 1 aliphatic heterocycles. The summed E-state index contributed by atoms with van der Waals surface area (Å²) in [6.45, 7) is 2.83. The first-order valence-corrected chi connectivity index (χ1v) is 14.6. The lowest BCUT2D eigenvalue weighted by molar-refractivity contribution is -0.264. The van der Waals surface area contributed by atoms with Gasteiger partial charge in [0.05, 0.1) is 40.1 Å². The summed E-state index contributed by atoms with van der Waals surface area (Å²) >= 11 is 0. The number of carbonyl (C=O) groups excluding carboxylic acids is 1. The molecule has 0 saturated carbocycles. The highest BCUT2D eigenvalue weighted by Crippen LogP contribution is 2.44. The highest BCUT2D eigenvalue weighted by Gasteiger charge is 2.48. The van der Waals surface area contributed by atoms with E-state index < -0.39 is 36.5 Å². The molecule has 0 unspecified atom stereocenters. The van der Waals surface area contributed by atoms with Crippen molar-refractivity contribution in [3.8, 4) is 11.5 Å². The summed E-state index contributed by atoms with van der Waals surface area (Å²) in [4.78, 5) is 12.7. The average molecular weight is 599 g/mol. The number of aromatic hydroxyl groups is 1. The number of esters is 1. The SMILES string of the molecule is COC(=O)c1c(OC)ccc([C@H]2O[C@@H](C)[C@@H](OCc3ccccc3)[C@@H](OCc3ccccc3)[C@@H]2OCc2ccccc2)c1O. The van der Waals surface area contributed by atoms with Crippen LogP contribution in [0.15, 0.2) is 103 Å². The summed E-state index contributed by atoms with van der Waals surface area (Å²) in [6, 6.07) is 32.9. The zero-order chi connectivity index (χ0) is 30.9. The van der Waals surface area contributed by atoms with Gasteiger partial charge in [0.15, 0.2) is 0 Å². The first kappa shape index (κ1) is 31.2. The van der Waals surface area contributed by atoms with Crippen molar-refractivity contribution in [2.45, 2.75) is 57.3 Å². The van der Waals surface area contributed by atoms with Gasteiger partial charge in [0.1, 0.15) is 41.5 Å². The average Bonchev–Trinajstić information content (AvgIpc) is 3.07. The lowest BCUT2D eigenvalue weighted by Crippen LogP contribution is -2.56. The van der Waals surface area contributed by atoms with Gasteiger partial charge in [-0.15, -0.1) is 0 Å². The molecule has 44 heavy (non-hydrogen) atoms. The third-order valence-corrected chi connectivity index (χ3v) is 7.71. The molecule has 0 bridgehead atoms. The number of carbonyl (C=O) groups is 1. The predicted molar refractivity (Wildman–Crippen MR) is 164 cm³/mol. The van der Waals surface area contributed by atoms with Crippen molar-refractivity contribution in [3.63, 3.8) is 0 Å². The summed E-state index contributed by atoms with van der Waals surface area (Å²) in [7, 11) is 2.68. The normalized spacial score (nSPS) is 21.5. The predicted octanol–water partition coefficient (Wildman–Crippen LogP) is 6.40. The third kappa shape index (κ3) is 7.29. The number of hydrogen-bond donors (Lipinski definition) is 1. The molecule has 1 fully saturated rings. The molecule has 1 aliphatic rings. The molecular formula is C36H38O8. The van der Waals surface area contributed by atoms with Crippen LogP contribution in [0.1, 0.15) is 45.6 Å². The number of phenols is 1. The highest BCUT2D eigenvalue weighted by atomic mass is 16.6. The Morgan fingerprint density at radius 1 is 0.682 bits per heavy atom. The standard InChI is InChI=1S/C36H38O8/c1-24-32(41-21-25-13-7-4-8-14-25)34(42-22-26-15-9-5-10-16-26)35(43-23-27-17-11-6-12-18-27)33(44-24)28-19-20-29(39-2)30(31(28)37)36(38)40-3/h4-20,24,32-35,37H,21-23H2,1-3H3/t24-,32+,33+,34+,35+/m0/s1. The Balaban J connectivity index is 1.54. The molecule has 4 aromatic rings. The Hall–Kier alpha value is -4.21. The van der Waals surface area contributed by atoms with Crippen molar-refractivity contribution < 1.29 is 38.3 Å². The van der Waals surface area contributed by atoms with Crippen LogP contribution < -0.4 is 4.74 Å². The summed E-state index contributed by atoms with van der Waals surface area (Å²) in [5.41, 5.74) is 3.23. The largest absolute Gasteiger partial charge is 0.507 e. The fourth-order valence-electron chi connectivity index (χ4n) is 5.45. The Bertz CT molecular complexity index is 1480. The van der Waals surface area contributed by atoms with Crippen molar-refractivity contribution >= 4 is 5.97 Å². The van der Waals surface area contributed by atoms with Gasteiger partial charge in [-0.2, -0.15) is 0 Å². The minimum Gasteiger partial charge on any atom is -0.507 e. The van der Waals surface area contributed by atoms with E-state index in [2.05, 4.69) is 0 Å². The van der Waals surface area contributed by atoms with E-state index in [1.807, 2.05) is 97.9 Å². The molecule has 0 spiro atoms. The van der Waals surface area contributed by atoms with Gasteiger partial charge in [-0.25, -0.2) is 4.79 Å². The minimum atomic E-state index is -0.819. The smallest absolute Gasteiger partial charge is 0.345 e. The Kier molecular flexibility index (Phi) is 10.6. The molecule has 1 heterocycles. The molecule has 0 aromatic heterocycles. The molecule has 0 amide bonds. The van der Waals surface area contributed by atoms with E-state index in [4.69, 9.17) is 28.4 Å². The Morgan fingerprint density at radius 2 is 1.16 bits per heavy atom. The Morgan fingerprint density at radius 3 is 1.64 bits per heavy atom. The van der Waals surface area contributed by atoms with Crippen LogP contribution in [0.2, 0.25) is 0 Å². The summed E-state index contributed by atoms with van der Waals surface area (Å²) in [5, 5.41) is 11.5. The van der Waals surface area contributed by atoms with Gasteiger partial charge < -0.3 is 33.5 Å². The molecule has 230 valence electrons. The summed E-state index contributed by atoms with van der Waals surface area (Å²) < 4.78 is 36.7. The maximum absolute atomic E-state index is 12.7. The van der Waals surface area contributed by atoms with Gasteiger partial charge in [-0.1, -0.05) is 91.0 Å². The fourth-order valence-corrected chi connectivity index (χ4v) is 5.45. The topological polar surface area (TPSA) is 92.7 Å². The van der Waals surface area contributed by atoms with Crippen LogP contribution in [0.3, 0.4) is 0 Å². The van der Waals surface area contributed by atoms with Gasteiger partial charge in [-0.3, -0.25) is 0 Å². The number of hydrogen-bond acceptors (Lipinski definition) is 8. The molecule has 5 rings (SSSR count). The quantitative estimate of drug-likeness (QED) is 0.187. The zero-order valence-electron chi connectivity index (χ0n) is 25.1. The van der Waals surface area contributed by atoms with E-state index in [-0.39, 0.29) is 23.7 Å². The van der Waals surface area contributed by atoms with Crippen LogP contribution in [0.4, 0.5) is 0 Å². The lowest BCUT2D eigenvalue weighted by atomic mass is 9.89. The van der Waals surface area contributed by atoms with Crippen LogP contribution >= 0.6 is 0 Å². The van der Waals surface area contributed by atoms with Gasteiger partial charge in [0.25, 0.3) is 0 Å². The van der Waals surface area contributed by atoms with Crippen molar-refractivity contribution in [1.29, 1.82) is 0 Å². The van der Waals surface area contributed by atoms with E-state index in [0.29, 0.717) is 18.8 Å². The highest BCUT2D eigenvalue weighted by molar-refractivity contribution is 5.96. The number of ether oxygens (including phenoxy) is 6.